The molecule has 5 atom stereocenters. The zero-order valence-corrected chi connectivity index (χ0v) is 16.5. The zero-order chi connectivity index (χ0) is 19.4. The minimum atomic E-state index is -0.740. The van der Waals surface area contributed by atoms with Crippen molar-refractivity contribution in [2.75, 3.05) is 0 Å². The van der Waals surface area contributed by atoms with Gasteiger partial charge in [0.2, 0.25) is 0 Å². The number of hydrogen-bond donors (Lipinski definition) is 3. The van der Waals surface area contributed by atoms with E-state index >= 15 is 0 Å². The number of aliphatic hydroxyl groups excluding tert-OH is 2. The fourth-order valence-corrected chi connectivity index (χ4v) is 3.75. The van der Waals surface area contributed by atoms with E-state index in [-0.39, 0.29) is 18.3 Å². The Labute approximate surface area is 159 Å². The van der Waals surface area contributed by atoms with Crippen molar-refractivity contribution in [3.63, 3.8) is 0 Å². The van der Waals surface area contributed by atoms with Gasteiger partial charge in [-0.1, -0.05) is 57.4 Å². The molecular weight excluding hydrogens is 328 g/mol. The summed E-state index contributed by atoms with van der Waals surface area (Å²) in [6, 6.07) is 0. The van der Waals surface area contributed by atoms with Crippen LogP contribution in [0.15, 0.2) is 24.3 Å². The molecule has 0 amide bonds. The lowest BCUT2D eigenvalue weighted by molar-refractivity contribution is -0.137. The van der Waals surface area contributed by atoms with Gasteiger partial charge in [-0.15, -0.1) is 0 Å². The van der Waals surface area contributed by atoms with Crippen LogP contribution < -0.4 is 0 Å². The van der Waals surface area contributed by atoms with Gasteiger partial charge in [0.15, 0.2) is 0 Å². The van der Waals surface area contributed by atoms with Crippen LogP contribution >= 0.6 is 0 Å². The number of carbonyl (C=O) groups is 1. The van der Waals surface area contributed by atoms with Crippen molar-refractivity contribution in [3.05, 3.63) is 24.3 Å². The molecule has 0 aromatic carbocycles. The molecule has 0 aromatic heterocycles. The third kappa shape index (κ3) is 9.00. The number of unbranched alkanes of at least 4 members (excludes halogenated alkanes) is 4. The van der Waals surface area contributed by atoms with Gasteiger partial charge in [-0.05, 0) is 43.9 Å². The first-order valence-corrected chi connectivity index (χ1v) is 10.4. The molecule has 0 saturated heterocycles. The first-order chi connectivity index (χ1) is 12.5. The molecule has 3 N–H and O–H groups in total. The minimum Gasteiger partial charge on any atom is -0.481 e. The van der Waals surface area contributed by atoms with Crippen molar-refractivity contribution in [1.29, 1.82) is 0 Å². The molecule has 150 valence electrons. The van der Waals surface area contributed by atoms with Crippen LogP contribution in [0.1, 0.15) is 78.1 Å². The molecule has 1 aliphatic carbocycles. The molecule has 0 aliphatic heterocycles. The van der Waals surface area contributed by atoms with Gasteiger partial charge in [0.1, 0.15) is 0 Å². The number of aliphatic hydroxyl groups is 2. The van der Waals surface area contributed by atoms with Crippen molar-refractivity contribution < 1.29 is 20.1 Å². The van der Waals surface area contributed by atoms with Gasteiger partial charge in [0.05, 0.1) is 12.2 Å². The molecule has 0 heterocycles. The molecule has 4 nitrogen and oxygen atoms in total. The average Bonchev–Trinajstić information content (AvgIpc) is 2.85. The van der Waals surface area contributed by atoms with Gasteiger partial charge in [-0.25, -0.2) is 0 Å². The van der Waals surface area contributed by atoms with Crippen LogP contribution in [0.25, 0.3) is 0 Å². The number of aliphatic carboxylic acids is 1. The first-order valence-electron chi connectivity index (χ1n) is 10.4. The Morgan fingerprint density at radius 3 is 2.58 bits per heavy atom. The van der Waals surface area contributed by atoms with Gasteiger partial charge in [-0.3, -0.25) is 4.79 Å². The lowest BCUT2D eigenvalue weighted by Gasteiger charge is -2.19. The second-order valence-corrected chi connectivity index (χ2v) is 7.82. The van der Waals surface area contributed by atoms with Gasteiger partial charge in [0.25, 0.3) is 0 Å². The van der Waals surface area contributed by atoms with E-state index in [1.807, 2.05) is 0 Å². The monoisotopic (exact) mass is 366 g/mol. The molecule has 0 aromatic rings. The van der Waals surface area contributed by atoms with Gasteiger partial charge >= 0.3 is 5.97 Å². The van der Waals surface area contributed by atoms with Crippen LogP contribution in [0.5, 0.6) is 0 Å². The molecule has 0 bridgehead atoms. The summed E-state index contributed by atoms with van der Waals surface area (Å²) in [5.41, 5.74) is 0. The topological polar surface area (TPSA) is 77.8 Å². The Bertz CT molecular complexity index is 443. The van der Waals surface area contributed by atoms with Crippen molar-refractivity contribution in [2.45, 2.75) is 90.3 Å². The van der Waals surface area contributed by atoms with Crippen molar-refractivity contribution in [1.82, 2.24) is 0 Å². The number of allylic oxidation sites excluding steroid dienone is 3. The van der Waals surface area contributed by atoms with E-state index in [0.717, 1.165) is 19.3 Å². The van der Waals surface area contributed by atoms with E-state index < -0.39 is 18.2 Å². The summed E-state index contributed by atoms with van der Waals surface area (Å²) in [6.45, 7) is 4.43. The van der Waals surface area contributed by atoms with E-state index in [1.54, 1.807) is 0 Å². The van der Waals surface area contributed by atoms with E-state index in [1.165, 1.54) is 25.7 Å². The molecule has 4 heteroatoms. The summed E-state index contributed by atoms with van der Waals surface area (Å²) in [5.74, 6) is -0.137. The molecule has 1 rings (SSSR count). The molecule has 0 radical (unpaired) electrons. The predicted octanol–water partition coefficient (Wildman–Crippen LogP) is 4.71. The lowest BCUT2D eigenvalue weighted by atomic mass is 9.88. The summed E-state index contributed by atoms with van der Waals surface area (Å²) < 4.78 is 0. The van der Waals surface area contributed by atoms with Gasteiger partial charge in [-0.2, -0.15) is 0 Å². The zero-order valence-electron chi connectivity index (χ0n) is 16.5. The third-order valence-electron chi connectivity index (χ3n) is 5.43. The van der Waals surface area contributed by atoms with E-state index in [9.17, 15) is 15.0 Å². The van der Waals surface area contributed by atoms with Crippen LogP contribution in [-0.4, -0.2) is 33.5 Å². The molecule has 26 heavy (non-hydrogen) atoms. The first kappa shape index (κ1) is 22.9. The van der Waals surface area contributed by atoms with Gasteiger partial charge in [0, 0.05) is 18.8 Å². The van der Waals surface area contributed by atoms with Gasteiger partial charge < -0.3 is 15.3 Å². The summed E-state index contributed by atoms with van der Waals surface area (Å²) in [7, 11) is 0. The molecule has 1 fully saturated rings. The Morgan fingerprint density at radius 1 is 1.12 bits per heavy atom. The second-order valence-electron chi connectivity index (χ2n) is 7.82. The summed E-state index contributed by atoms with van der Waals surface area (Å²) in [6.07, 6.45) is 16.4. The highest BCUT2D eigenvalue weighted by Gasteiger charge is 2.39. The van der Waals surface area contributed by atoms with E-state index in [4.69, 9.17) is 5.11 Å². The fourth-order valence-electron chi connectivity index (χ4n) is 3.75. The summed E-state index contributed by atoms with van der Waals surface area (Å²) in [5, 5.41) is 29.2. The smallest absolute Gasteiger partial charge is 0.303 e. The predicted molar refractivity (Wildman–Crippen MR) is 106 cm³/mol. The normalized spacial score (nSPS) is 27.5. The third-order valence-corrected chi connectivity index (χ3v) is 5.43. The average molecular weight is 367 g/mol. The second kappa shape index (κ2) is 13.1. The van der Waals surface area contributed by atoms with Crippen LogP contribution in [-0.2, 0) is 4.79 Å². The molecular formula is C22H38O4. The maximum absolute atomic E-state index is 10.5. The fraction of sp³-hybridized carbons (Fsp3) is 0.773. The highest BCUT2D eigenvalue weighted by Crippen LogP contribution is 2.36. The van der Waals surface area contributed by atoms with E-state index in [0.29, 0.717) is 18.8 Å². The Kier molecular flexibility index (Phi) is 11.5. The maximum Gasteiger partial charge on any atom is 0.303 e. The molecule has 0 unspecified atom stereocenters. The van der Waals surface area contributed by atoms with Crippen molar-refractivity contribution >= 4 is 5.97 Å². The number of hydrogen-bond acceptors (Lipinski definition) is 3. The Morgan fingerprint density at radius 2 is 1.88 bits per heavy atom. The summed E-state index contributed by atoms with van der Waals surface area (Å²) >= 11 is 0. The van der Waals surface area contributed by atoms with Crippen LogP contribution in [0.2, 0.25) is 0 Å². The van der Waals surface area contributed by atoms with Crippen LogP contribution in [0.3, 0.4) is 0 Å². The number of carboxylic acid groups (broad SMARTS) is 1. The van der Waals surface area contributed by atoms with Crippen LogP contribution in [0, 0.1) is 17.8 Å². The lowest BCUT2D eigenvalue weighted by Crippen LogP contribution is -2.20. The standard InChI is InChI=1S/C22H38O4/c1-3-4-8-11-17(2)14-15-19-18(20(23)16-21(19)24)12-9-6-5-7-10-13-22(25)26/h6,9,14-15,17-21,23-24H,3-5,7-8,10-13,16H2,1-2H3,(H,25,26)/b9-6-,15-14+/t17-,18-,19-,20+,21-/m1/s1. The SMILES string of the molecule is CCCCC[C@@H](C)/C=C/[C@@H]1[C@@H](C/C=C\CCCCC(=O)O)[C@@H](O)C[C@H]1O. The minimum absolute atomic E-state index is 0.0234. The van der Waals surface area contributed by atoms with E-state index in [2.05, 4.69) is 38.2 Å². The highest BCUT2D eigenvalue weighted by molar-refractivity contribution is 5.66. The van der Waals surface area contributed by atoms with Crippen molar-refractivity contribution in [2.24, 2.45) is 17.8 Å². The Hall–Kier alpha value is -1.13. The molecule has 1 saturated carbocycles. The Balaban J connectivity index is 2.42. The van der Waals surface area contributed by atoms with Crippen LogP contribution in [0.4, 0.5) is 0 Å². The quantitative estimate of drug-likeness (QED) is 0.326. The number of carboxylic acids is 1. The van der Waals surface area contributed by atoms with Crippen molar-refractivity contribution in [3.8, 4) is 0 Å². The highest BCUT2D eigenvalue weighted by atomic mass is 16.4. The maximum atomic E-state index is 10.5. The molecule has 1 aliphatic rings. The number of rotatable bonds is 13. The summed E-state index contributed by atoms with van der Waals surface area (Å²) in [4.78, 5) is 10.5. The largest absolute Gasteiger partial charge is 0.481 e. The molecule has 0 spiro atoms.